The number of para-hydroxylation sites is 1. The smallest absolute Gasteiger partial charge is 0.407 e. The molecule has 25 heavy (non-hydrogen) atoms. The van der Waals surface area contributed by atoms with Crippen LogP contribution in [0.4, 0.5) is 4.79 Å². The molecular weight excluding hydrogens is 344 g/mol. The molecule has 1 heterocycles. The molecular formula is C18H25ClN2O4. The number of carboxylic acid groups (broad SMARTS) is 1. The summed E-state index contributed by atoms with van der Waals surface area (Å²) in [5.74, 6) is 0.502. The Labute approximate surface area is 153 Å². The molecule has 6 nitrogen and oxygen atoms in total. The third-order valence-corrected chi connectivity index (χ3v) is 4.84. The molecule has 1 saturated heterocycles. The number of benzene rings is 1. The van der Waals surface area contributed by atoms with Gasteiger partial charge in [0, 0.05) is 19.1 Å². The molecule has 1 aliphatic heterocycles. The third-order valence-electron chi connectivity index (χ3n) is 4.53. The first-order chi connectivity index (χ1) is 11.7. The molecule has 0 spiro atoms. The molecule has 7 heteroatoms. The molecule has 2 rings (SSSR count). The third kappa shape index (κ3) is 5.01. The maximum atomic E-state index is 12.6. The lowest BCUT2D eigenvalue weighted by atomic mass is 9.89. The van der Waals surface area contributed by atoms with E-state index in [2.05, 4.69) is 5.32 Å². The zero-order valence-corrected chi connectivity index (χ0v) is 15.5. The van der Waals surface area contributed by atoms with Crippen LogP contribution in [0.2, 0.25) is 5.02 Å². The van der Waals surface area contributed by atoms with E-state index in [4.69, 9.17) is 21.4 Å². The molecule has 1 aliphatic rings. The van der Waals surface area contributed by atoms with Crippen LogP contribution in [0.5, 0.6) is 5.75 Å². The molecule has 138 valence electrons. The predicted molar refractivity (Wildman–Crippen MR) is 96.0 cm³/mol. The fraction of sp³-hybridized carbons (Fsp3) is 0.556. The monoisotopic (exact) mass is 368 g/mol. The van der Waals surface area contributed by atoms with Gasteiger partial charge in [0.15, 0.2) is 0 Å². The predicted octanol–water partition coefficient (Wildman–Crippen LogP) is 3.25. The molecule has 0 aliphatic carbocycles. The fourth-order valence-corrected chi connectivity index (χ4v) is 2.97. The standard InChI is InChI=1S/C18H25ClN2O4/c1-12-10-21(17(23)24)9-8-14(12)20-16(22)18(2,3)11-25-15-7-5-4-6-13(15)19/h4-7,12,14H,8-11H2,1-3H3,(H,20,22)(H,23,24)/t12-,14-/m0/s1. The van der Waals surface area contributed by atoms with Gasteiger partial charge in [0.25, 0.3) is 0 Å². The summed E-state index contributed by atoms with van der Waals surface area (Å²) in [7, 11) is 0. The second-order valence-corrected chi connectivity index (χ2v) is 7.58. The highest BCUT2D eigenvalue weighted by Gasteiger charge is 2.34. The second-order valence-electron chi connectivity index (χ2n) is 7.18. The molecule has 0 aromatic heterocycles. The Morgan fingerprint density at radius 2 is 2.08 bits per heavy atom. The van der Waals surface area contributed by atoms with Crippen molar-refractivity contribution >= 4 is 23.6 Å². The van der Waals surface area contributed by atoms with E-state index in [1.54, 1.807) is 12.1 Å². The fourth-order valence-electron chi connectivity index (χ4n) is 2.78. The van der Waals surface area contributed by atoms with E-state index in [1.165, 1.54) is 4.90 Å². The van der Waals surface area contributed by atoms with Crippen molar-refractivity contribution in [3.8, 4) is 5.75 Å². The number of amides is 2. The maximum Gasteiger partial charge on any atom is 0.407 e. The van der Waals surface area contributed by atoms with Gasteiger partial charge in [0.1, 0.15) is 12.4 Å². The van der Waals surface area contributed by atoms with E-state index in [0.29, 0.717) is 30.3 Å². The Hall–Kier alpha value is -1.95. The molecule has 2 amide bonds. The van der Waals surface area contributed by atoms with Gasteiger partial charge in [0.05, 0.1) is 10.4 Å². The van der Waals surface area contributed by atoms with Gasteiger partial charge in [-0.05, 0) is 38.3 Å². The number of nitrogens with zero attached hydrogens (tertiary/aromatic N) is 1. The van der Waals surface area contributed by atoms with Gasteiger partial charge in [-0.1, -0.05) is 30.7 Å². The molecule has 2 N–H and O–H groups in total. The number of piperidine rings is 1. The van der Waals surface area contributed by atoms with Crippen molar-refractivity contribution in [1.29, 1.82) is 0 Å². The van der Waals surface area contributed by atoms with E-state index >= 15 is 0 Å². The Bertz CT molecular complexity index is 635. The maximum absolute atomic E-state index is 12.6. The van der Waals surface area contributed by atoms with Crippen LogP contribution in [-0.4, -0.2) is 47.7 Å². The van der Waals surface area contributed by atoms with E-state index in [-0.39, 0.29) is 24.5 Å². The number of carbonyl (C=O) groups is 2. The van der Waals surface area contributed by atoms with Gasteiger partial charge in [-0.25, -0.2) is 4.79 Å². The van der Waals surface area contributed by atoms with Gasteiger partial charge < -0.3 is 20.1 Å². The zero-order chi connectivity index (χ0) is 18.6. The number of carbonyl (C=O) groups excluding carboxylic acids is 1. The van der Waals surface area contributed by atoms with Crippen LogP contribution in [0.1, 0.15) is 27.2 Å². The number of nitrogens with one attached hydrogen (secondary N) is 1. The summed E-state index contributed by atoms with van der Waals surface area (Å²) >= 11 is 6.07. The molecule has 1 aromatic carbocycles. The lowest BCUT2D eigenvalue weighted by Crippen LogP contribution is -2.54. The summed E-state index contributed by atoms with van der Waals surface area (Å²) in [4.78, 5) is 25.1. The zero-order valence-electron chi connectivity index (χ0n) is 14.8. The number of hydrogen-bond donors (Lipinski definition) is 2. The summed E-state index contributed by atoms with van der Waals surface area (Å²) in [6.45, 7) is 6.64. The highest BCUT2D eigenvalue weighted by Crippen LogP contribution is 2.26. The number of hydrogen-bond acceptors (Lipinski definition) is 3. The summed E-state index contributed by atoms with van der Waals surface area (Å²) in [5, 5.41) is 12.6. The summed E-state index contributed by atoms with van der Waals surface area (Å²) in [5.41, 5.74) is -0.733. The van der Waals surface area contributed by atoms with Crippen LogP contribution < -0.4 is 10.1 Å². The van der Waals surface area contributed by atoms with Gasteiger partial charge in [0.2, 0.25) is 5.91 Å². The topological polar surface area (TPSA) is 78.9 Å². The van der Waals surface area contributed by atoms with Crippen molar-refractivity contribution in [3.05, 3.63) is 29.3 Å². The number of ether oxygens (including phenoxy) is 1. The lowest BCUT2D eigenvalue weighted by molar-refractivity contribution is -0.132. The molecule has 1 fully saturated rings. The van der Waals surface area contributed by atoms with Crippen molar-refractivity contribution < 1.29 is 19.4 Å². The SMILES string of the molecule is C[C@H]1CN(C(=O)O)CC[C@@H]1NC(=O)C(C)(C)COc1ccccc1Cl. The van der Waals surface area contributed by atoms with E-state index in [1.807, 2.05) is 32.9 Å². The minimum Gasteiger partial charge on any atom is -0.491 e. The van der Waals surface area contributed by atoms with Crippen molar-refractivity contribution in [2.75, 3.05) is 19.7 Å². The summed E-state index contributed by atoms with van der Waals surface area (Å²) < 4.78 is 5.71. The largest absolute Gasteiger partial charge is 0.491 e. The van der Waals surface area contributed by atoms with Gasteiger partial charge in [-0.3, -0.25) is 4.79 Å². The van der Waals surface area contributed by atoms with Gasteiger partial charge in [-0.15, -0.1) is 0 Å². The van der Waals surface area contributed by atoms with Crippen LogP contribution in [0.3, 0.4) is 0 Å². The molecule has 0 saturated carbocycles. The minimum absolute atomic E-state index is 0.0392. The van der Waals surface area contributed by atoms with Crippen LogP contribution >= 0.6 is 11.6 Å². The minimum atomic E-state index is -0.912. The van der Waals surface area contributed by atoms with Crippen molar-refractivity contribution in [2.45, 2.75) is 33.2 Å². The molecule has 0 radical (unpaired) electrons. The Balaban J connectivity index is 1.90. The number of likely N-dealkylation sites (tertiary alicyclic amines) is 1. The van der Waals surface area contributed by atoms with Crippen LogP contribution in [0, 0.1) is 11.3 Å². The lowest BCUT2D eigenvalue weighted by Gasteiger charge is -2.37. The summed E-state index contributed by atoms with van der Waals surface area (Å²) in [6.07, 6.45) is -0.300. The van der Waals surface area contributed by atoms with Gasteiger partial charge in [-0.2, -0.15) is 0 Å². The van der Waals surface area contributed by atoms with E-state index in [0.717, 1.165) is 0 Å². The normalized spacial score (nSPS) is 20.9. The Morgan fingerprint density at radius 3 is 2.68 bits per heavy atom. The van der Waals surface area contributed by atoms with Crippen LogP contribution in [0.15, 0.2) is 24.3 Å². The Kier molecular flexibility index (Phi) is 6.16. The summed E-state index contributed by atoms with van der Waals surface area (Å²) in [6, 6.07) is 7.11. The number of halogens is 1. The van der Waals surface area contributed by atoms with Gasteiger partial charge >= 0.3 is 6.09 Å². The average molecular weight is 369 g/mol. The molecule has 1 aromatic rings. The first-order valence-electron chi connectivity index (χ1n) is 8.37. The highest BCUT2D eigenvalue weighted by atomic mass is 35.5. The first kappa shape index (κ1) is 19.4. The van der Waals surface area contributed by atoms with Crippen molar-refractivity contribution in [1.82, 2.24) is 10.2 Å². The quantitative estimate of drug-likeness (QED) is 0.836. The number of rotatable bonds is 5. The van der Waals surface area contributed by atoms with Crippen molar-refractivity contribution in [3.63, 3.8) is 0 Å². The van der Waals surface area contributed by atoms with E-state index in [9.17, 15) is 9.59 Å². The molecule has 0 bridgehead atoms. The molecule has 0 unspecified atom stereocenters. The molecule has 2 atom stereocenters. The van der Waals surface area contributed by atoms with Crippen LogP contribution in [0.25, 0.3) is 0 Å². The Morgan fingerprint density at radius 1 is 1.40 bits per heavy atom. The second kappa shape index (κ2) is 7.95. The van der Waals surface area contributed by atoms with Crippen LogP contribution in [-0.2, 0) is 4.79 Å². The van der Waals surface area contributed by atoms with Crippen molar-refractivity contribution in [2.24, 2.45) is 11.3 Å². The highest BCUT2D eigenvalue weighted by molar-refractivity contribution is 6.32. The first-order valence-corrected chi connectivity index (χ1v) is 8.74. The average Bonchev–Trinajstić information content (AvgIpc) is 2.55. The van der Waals surface area contributed by atoms with E-state index < -0.39 is 11.5 Å².